The van der Waals surface area contributed by atoms with Gasteiger partial charge in [-0.25, -0.2) is 9.48 Å². The van der Waals surface area contributed by atoms with E-state index in [4.69, 9.17) is 5.11 Å². The maximum absolute atomic E-state index is 13.8. The van der Waals surface area contributed by atoms with Crippen LogP contribution < -0.4 is 10.2 Å². The van der Waals surface area contributed by atoms with Gasteiger partial charge < -0.3 is 20.4 Å². The van der Waals surface area contributed by atoms with Crippen LogP contribution in [0.3, 0.4) is 0 Å². The molecule has 11 heteroatoms. The first-order valence-corrected chi connectivity index (χ1v) is 10.8. The number of hydrogen-bond acceptors (Lipinski definition) is 5. The van der Waals surface area contributed by atoms with Crippen LogP contribution in [0.4, 0.5) is 19.0 Å². The Balaban J connectivity index is 1.64. The van der Waals surface area contributed by atoms with E-state index in [1.54, 1.807) is 36.1 Å². The number of carboxylic acids is 1. The number of halogens is 3. The van der Waals surface area contributed by atoms with Crippen molar-refractivity contribution in [2.24, 2.45) is 0 Å². The average Bonchev–Trinajstić information content (AvgIpc) is 3.39. The Kier molecular flexibility index (Phi) is 6.53. The summed E-state index contributed by atoms with van der Waals surface area (Å²) in [7, 11) is 0. The molecule has 3 aromatic rings. The molecule has 0 saturated carbocycles. The van der Waals surface area contributed by atoms with Crippen LogP contribution in [0.15, 0.2) is 48.5 Å². The second kappa shape index (κ2) is 9.41. The Labute approximate surface area is 198 Å². The van der Waals surface area contributed by atoms with Gasteiger partial charge in [0.2, 0.25) is 0 Å². The number of aliphatic hydroxyl groups is 1. The minimum Gasteiger partial charge on any atom is -0.478 e. The SMILES string of the molecule is CC(NC(=O)c1c(C(F)(F)F)nn2c1N(Cc1cccc(CO)c1)CC2)c1ccc(C(=O)O)cc1. The number of nitrogens with zero attached hydrogens (tertiary/aromatic N) is 3. The van der Waals surface area contributed by atoms with Crippen molar-refractivity contribution in [2.75, 3.05) is 11.4 Å². The van der Waals surface area contributed by atoms with Gasteiger partial charge in [0.1, 0.15) is 11.4 Å². The molecule has 1 atom stereocenters. The molecule has 1 amide bonds. The number of nitrogens with one attached hydrogen (secondary N) is 1. The Morgan fingerprint density at radius 2 is 1.80 bits per heavy atom. The molecule has 8 nitrogen and oxygen atoms in total. The second-order valence-corrected chi connectivity index (χ2v) is 8.29. The van der Waals surface area contributed by atoms with E-state index in [-0.39, 0.29) is 31.1 Å². The van der Waals surface area contributed by atoms with Crippen molar-refractivity contribution in [1.82, 2.24) is 15.1 Å². The van der Waals surface area contributed by atoms with E-state index < -0.39 is 35.4 Å². The van der Waals surface area contributed by atoms with Crippen molar-refractivity contribution >= 4 is 17.7 Å². The van der Waals surface area contributed by atoms with E-state index >= 15 is 0 Å². The maximum atomic E-state index is 13.8. The summed E-state index contributed by atoms with van der Waals surface area (Å²) in [5.74, 6) is -1.95. The molecule has 1 aliphatic rings. The summed E-state index contributed by atoms with van der Waals surface area (Å²) in [6.07, 6.45) is -4.83. The third-order valence-corrected chi connectivity index (χ3v) is 5.86. The summed E-state index contributed by atoms with van der Waals surface area (Å²) in [6, 6.07) is 12.1. The van der Waals surface area contributed by atoms with Gasteiger partial charge in [0.15, 0.2) is 5.69 Å². The molecule has 1 aromatic heterocycles. The van der Waals surface area contributed by atoms with E-state index in [1.807, 2.05) is 0 Å². The maximum Gasteiger partial charge on any atom is 0.436 e. The normalized spacial score (nSPS) is 14.0. The van der Waals surface area contributed by atoms with Crippen molar-refractivity contribution in [3.05, 3.63) is 82.0 Å². The molecule has 0 radical (unpaired) electrons. The van der Waals surface area contributed by atoms with Crippen molar-refractivity contribution < 1.29 is 33.0 Å². The van der Waals surface area contributed by atoms with Crippen molar-refractivity contribution in [1.29, 1.82) is 0 Å². The molecule has 2 heterocycles. The molecule has 184 valence electrons. The molecule has 0 saturated heterocycles. The smallest absolute Gasteiger partial charge is 0.436 e. The molecule has 35 heavy (non-hydrogen) atoms. The van der Waals surface area contributed by atoms with Crippen LogP contribution >= 0.6 is 0 Å². The summed E-state index contributed by atoms with van der Waals surface area (Å²) < 4.78 is 42.7. The van der Waals surface area contributed by atoms with Crippen LogP contribution in [0, 0.1) is 0 Å². The molecule has 0 bridgehead atoms. The third-order valence-electron chi connectivity index (χ3n) is 5.86. The second-order valence-electron chi connectivity index (χ2n) is 8.29. The van der Waals surface area contributed by atoms with E-state index in [2.05, 4.69) is 10.4 Å². The fourth-order valence-corrected chi connectivity index (χ4v) is 4.13. The van der Waals surface area contributed by atoms with E-state index in [0.29, 0.717) is 17.7 Å². The topological polar surface area (TPSA) is 108 Å². The first kappa shape index (κ1) is 24.3. The number of anilines is 1. The average molecular weight is 488 g/mol. The molecule has 0 aliphatic carbocycles. The Morgan fingerprint density at radius 3 is 2.43 bits per heavy atom. The number of hydrogen-bond donors (Lipinski definition) is 3. The lowest BCUT2D eigenvalue weighted by molar-refractivity contribution is -0.141. The van der Waals surface area contributed by atoms with Gasteiger partial charge >= 0.3 is 12.1 Å². The number of alkyl halides is 3. The van der Waals surface area contributed by atoms with Gasteiger partial charge in [-0.15, -0.1) is 0 Å². The van der Waals surface area contributed by atoms with E-state index in [1.165, 1.54) is 28.9 Å². The van der Waals surface area contributed by atoms with Crippen LogP contribution in [-0.4, -0.2) is 38.4 Å². The first-order chi connectivity index (χ1) is 16.6. The van der Waals surface area contributed by atoms with E-state index in [0.717, 1.165) is 5.56 Å². The molecule has 1 aliphatic heterocycles. The molecule has 2 aromatic carbocycles. The lowest BCUT2D eigenvalue weighted by Gasteiger charge is -2.21. The number of carbonyl (C=O) groups excluding carboxylic acids is 1. The van der Waals surface area contributed by atoms with E-state index in [9.17, 15) is 27.9 Å². The van der Waals surface area contributed by atoms with Crippen LogP contribution in [0.25, 0.3) is 0 Å². The highest BCUT2D eigenvalue weighted by atomic mass is 19.4. The van der Waals surface area contributed by atoms with Gasteiger partial charge in [-0.2, -0.15) is 18.3 Å². The monoisotopic (exact) mass is 488 g/mol. The summed E-state index contributed by atoms with van der Waals surface area (Å²) >= 11 is 0. The molecular weight excluding hydrogens is 465 g/mol. The zero-order valence-electron chi connectivity index (χ0n) is 18.7. The molecule has 0 fully saturated rings. The number of carbonyl (C=O) groups is 2. The number of amides is 1. The Morgan fingerprint density at radius 1 is 1.11 bits per heavy atom. The van der Waals surface area contributed by atoms with Crippen LogP contribution in [-0.2, 0) is 25.9 Å². The third kappa shape index (κ3) is 4.99. The largest absolute Gasteiger partial charge is 0.478 e. The number of aromatic nitrogens is 2. The number of carboxylic acid groups (broad SMARTS) is 1. The Bertz CT molecular complexity index is 1250. The van der Waals surface area contributed by atoms with Gasteiger partial charge in [0, 0.05) is 13.1 Å². The zero-order valence-corrected chi connectivity index (χ0v) is 18.7. The molecule has 3 N–H and O–H groups in total. The number of rotatable bonds is 7. The predicted octanol–water partition coefficient (Wildman–Crippen LogP) is 3.60. The van der Waals surface area contributed by atoms with Crippen LogP contribution in [0.2, 0.25) is 0 Å². The minimum absolute atomic E-state index is 0.0574. The zero-order chi connectivity index (χ0) is 25.3. The summed E-state index contributed by atoms with van der Waals surface area (Å²) in [5, 5.41) is 24.7. The van der Waals surface area contributed by atoms with Gasteiger partial charge in [-0.3, -0.25) is 4.79 Å². The molecule has 1 unspecified atom stereocenters. The molecular formula is C24H23F3N4O4. The van der Waals surface area contributed by atoms with Gasteiger partial charge in [-0.05, 0) is 35.7 Å². The van der Waals surface area contributed by atoms with Crippen LogP contribution in [0.5, 0.6) is 0 Å². The highest BCUT2D eigenvalue weighted by Gasteiger charge is 2.44. The highest BCUT2D eigenvalue weighted by molar-refractivity contribution is 6.01. The standard InChI is InChI=1S/C24H23F3N4O4/c1-14(17-5-7-18(8-6-17)23(34)35)28-21(33)19-20(24(25,26)27)29-31-10-9-30(22(19)31)12-15-3-2-4-16(11-15)13-32/h2-8,11,14,32H,9-10,12-13H2,1H3,(H,28,33)(H,34,35). The predicted molar refractivity (Wildman–Crippen MR) is 120 cm³/mol. The molecule has 4 rings (SSSR count). The Hall–Kier alpha value is -3.86. The van der Waals surface area contributed by atoms with Crippen molar-refractivity contribution in [3.8, 4) is 0 Å². The minimum atomic E-state index is -4.83. The summed E-state index contributed by atoms with van der Waals surface area (Å²) in [4.78, 5) is 25.9. The van der Waals surface area contributed by atoms with Gasteiger partial charge in [-0.1, -0.05) is 36.4 Å². The van der Waals surface area contributed by atoms with Gasteiger partial charge in [0.05, 0.1) is 24.8 Å². The van der Waals surface area contributed by atoms with Gasteiger partial charge in [0.25, 0.3) is 5.91 Å². The number of benzene rings is 2. The quantitative estimate of drug-likeness (QED) is 0.469. The summed E-state index contributed by atoms with van der Waals surface area (Å²) in [5.41, 5.74) is 0.236. The lowest BCUT2D eigenvalue weighted by Crippen LogP contribution is -2.31. The summed E-state index contributed by atoms with van der Waals surface area (Å²) in [6.45, 7) is 2.24. The number of aliphatic hydroxyl groups excluding tert-OH is 1. The lowest BCUT2D eigenvalue weighted by atomic mass is 10.1. The van der Waals surface area contributed by atoms with Crippen molar-refractivity contribution in [3.63, 3.8) is 0 Å². The van der Waals surface area contributed by atoms with Crippen molar-refractivity contribution in [2.45, 2.75) is 38.8 Å². The fourth-order valence-electron chi connectivity index (χ4n) is 4.13. The number of fused-ring (bicyclic) bond motifs is 1. The highest BCUT2D eigenvalue weighted by Crippen LogP contribution is 2.38. The van der Waals surface area contributed by atoms with Crippen LogP contribution in [0.1, 0.15) is 56.1 Å². The fraction of sp³-hybridized carbons (Fsp3) is 0.292. The number of aromatic carboxylic acids is 1. The molecule has 0 spiro atoms. The first-order valence-electron chi connectivity index (χ1n) is 10.8.